The van der Waals surface area contributed by atoms with Crippen LogP contribution >= 0.6 is 35.6 Å². The van der Waals surface area contributed by atoms with Crippen LogP contribution in [-0.4, -0.2) is 24.5 Å². The summed E-state index contributed by atoms with van der Waals surface area (Å²) in [5, 5.41) is 6.22. The summed E-state index contributed by atoms with van der Waals surface area (Å²) in [4.78, 5) is 12.1. The summed E-state index contributed by atoms with van der Waals surface area (Å²) in [6.45, 7) is 2.96. The van der Waals surface area contributed by atoms with Crippen molar-refractivity contribution in [3.8, 4) is 0 Å². The lowest BCUT2D eigenvalue weighted by atomic mass is 9.99. The molecule has 1 aliphatic rings. The van der Waals surface area contributed by atoms with Crippen LogP contribution in [0, 0.1) is 5.82 Å². The van der Waals surface area contributed by atoms with Crippen molar-refractivity contribution in [3.63, 3.8) is 0 Å². The molecule has 1 amide bonds. The van der Waals surface area contributed by atoms with Crippen LogP contribution in [0.15, 0.2) is 12.1 Å². The van der Waals surface area contributed by atoms with E-state index in [2.05, 4.69) is 10.6 Å². The molecule has 0 aliphatic carbocycles. The third-order valence-electron chi connectivity index (χ3n) is 3.33. The predicted octanol–water partition coefficient (Wildman–Crippen LogP) is 3.42. The molecule has 1 aliphatic heterocycles. The van der Waals surface area contributed by atoms with Gasteiger partial charge in [0.05, 0.1) is 15.6 Å². The number of hydrogen-bond acceptors (Lipinski definition) is 2. The van der Waals surface area contributed by atoms with Crippen LogP contribution in [0.1, 0.15) is 30.1 Å². The number of rotatable bonds is 2. The van der Waals surface area contributed by atoms with E-state index in [1.807, 2.05) is 6.92 Å². The van der Waals surface area contributed by atoms with E-state index in [1.54, 1.807) is 0 Å². The first-order valence-electron chi connectivity index (χ1n) is 6.18. The second-order valence-electron chi connectivity index (χ2n) is 4.71. The van der Waals surface area contributed by atoms with Gasteiger partial charge in [-0.15, -0.1) is 12.4 Å². The fourth-order valence-corrected chi connectivity index (χ4v) is 2.65. The van der Waals surface area contributed by atoms with Gasteiger partial charge in [0.25, 0.3) is 5.91 Å². The standard InChI is InChI=1S/C13H15Cl2FN2O.ClH/c1-7-12(3-2-4-17-7)18-13(19)8-5-11(16)10(15)6-9(8)14;/h5-7,12,17H,2-4H2,1H3,(H,18,19);1H. The van der Waals surface area contributed by atoms with Crippen LogP contribution in [0.25, 0.3) is 0 Å². The lowest BCUT2D eigenvalue weighted by Crippen LogP contribution is -2.51. The van der Waals surface area contributed by atoms with Gasteiger partial charge < -0.3 is 10.6 Å². The number of carbonyl (C=O) groups excluding carboxylic acids is 1. The minimum Gasteiger partial charge on any atom is -0.348 e. The van der Waals surface area contributed by atoms with Crippen molar-refractivity contribution < 1.29 is 9.18 Å². The number of halogens is 4. The van der Waals surface area contributed by atoms with E-state index >= 15 is 0 Å². The van der Waals surface area contributed by atoms with Crippen LogP contribution < -0.4 is 10.6 Å². The Balaban J connectivity index is 0.00000200. The molecule has 1 aromatic carbocycles. The number of carbonyl (C=O) groups is 1. The molecule has 0 bridgehead atoms. The van der Waals surface area contributed by atoms with Gasteiger partial charge in [0.1, 0.15) is 5.82 Å². The number of benzene rings is 1. The third kappa shape index (κ3) is 3.98. The van der Waals surface area contributed by atoms with Gasteiger partial charge in [-0.25, -0.2) is 4.39 Å². The predicted molar refractivity (Wildman–Crippen MR) is 81.6 cm³/mol. The number of hydrogen-bond donors (Lipinski definition) is 2. The van der Waals surface area contributed by atoms with Crippen LogP contribution in [-0.2, 0) is 0 Å². The van der Waals surface area contributed by atoms with Gasteiger partial charge in [0.2, 0.25) is 0 Å². The average molecular weight is 342 g/mol. The van der Waals surface area contributed by atoms with E-state index in [0.717, 1.165) is 25.5 Å². The summed E-state index contributed by atoms with van der Waals surface area (Å²) < 4.78 is 13.4. The Hall–Kier alpha value is -0.550. The summed E-state index contributed by atoms with van der Waals surface area (Å²) in [6, 6.07) is 2.53. The van der Waals surface area contributed by atoms with Crippen LogP contribution in [0.2, 0.25) is 10.0 Å². The first-order valence-corrected chi connectivity index (χ1v) is 6.93. The summed E-state index contributed by atoms with van der Waals surface area (Å²) in [6.07, 6.45) is 1.89. The van der Waals surface area contributed by atoms with Crippen LogP contribution in [0.5, 0.6) is 0 Å². The Bertz CT molecular complexity index is 499. The SMILES string of the molecule is CC1NCCCC1NC(=O)c1cc(F)c(Cl)cc1Cl.Cl. The summed E-state index contributed by atoms with van der Waals surface area (Å²) in [7, 11) is 0. The molecule has 0 spiro atoms. The molecule has 7 heteroatoms. The van der Waals surface area contributed by atoms with Gasteiger partial charge in [0, 0.05) is 12.1 Å². The minimum absolute atomic E-state index is 0. The van der Waals surface area contributed by atoms with Gasteiger partial charge in [0.15, 0.2) is 0 Å². The molecule has 20 heavy (non-hydrogen) atoms. The fraction of sp³-hybridized carbons (Fsp3) is 0.462. The molecule has 0 saturated carbocycles. The molecule has 1 saturated heterocycles. The fourth-order valence-electron chi connectivity index (χ4n) is 2.18. The summed E-state index contributed by atoms with van der Waals surface area (Å²) in [5.74, 6) is -1.02. The van der Waals surface area contributed by atoms with Crippen LogP contribution in [0.3, 0.4) is 0 Å². The maximum atomic E-state index is 13.4. The normalized spacial score (nSPS) is 22.0. The molecule has 0 aromatic heterocycles. The van der Waals surface area contributed by atoms with Crippen molar-refractivity contribution in [2.45, 2.75) is 31.8 Å². The summed E-state index contributed by atoms with van der Waals surface area (Å²) in [5.41, 5.74) is 0.112. The van der Waals surface area contributed by atoms with Gasteiger partial charge in [-0.1, -0.05) is 23.2 Å². The highest BCUT2D eigenvalue weighted by atomic mass is 35.5. The van der Waals surface area contributed by atoms with E-state index in [4.69, 9.17) is 23.2 Å². The maximum absolute atomic E-state index is 13.4. The smallest absolute Gasteiger partial charge is 0.253 e. The number of amides is 1. The monoisotopic (exact) mass is 340 g/mol. The molecule has 1 heterocycles. The van der Waals surface area contributed by atoms with E-state index in [0.29, 0.717) is 0 Å². The van der Waals surface area contributed by atoms with Crippen molar-refractivity contribution in [1.82, 2.24) is 10.6 Å². The highest BCUT2D eigenvalue weighted by molar-refractivity contribution is 6.36. The largest absolute Gasteiger partial charge is 0.348 e. The Morgan fingerprint density at radius 1 is 1.40 bits per heavy atom. The van der Waals surface area contributed by atoms with Crippen molar-refractivity contribution in [2.75, 3.05) is 6.54 Å². The topological polar surface area (TPSA) is 41.1 Å². The lowest BCUT2D eigenvalue weighted by molar-refractivity contribution is 0.0919. The van der Waals surface area contributed by atoms with Crippen molar-refractivity contribution in [1.29, 1.82) is 0 Å². The van der Waals surface area contributed by atoms with Crippen LogP contribution in [0.4, 0.5) is 4.39 Å². The second kappa shape index (κ2) is 7.46. The highest BCUT2D eigenvalue weighted by Crippen LogP contribution is 2.24. The zero-order valence-electron chi connectivity index (χ0n) is 10.9. The average Bonchev–Trinajstić information content (AvgIpc) is 2.36. The van der Waals surface area contributed by atoms with E-state index in [-0.39, 0.29) is 46.0 Å². The molecule has 0 radical (unpaired) electrons. The van der Waals surface area contributed by atoms with Crippen molar-refractivity contribution >= 4 is 41.5 Å². The Labute approximate surface area is 133 Å². The lowest BCUT2D eigenvalue weighted by Gasteiger charge is -2.30. The molecule has 2 N–H and O–H groups in total. The molecule has 2 atom stereocenters. The summed E-state index contributed by atoms with van der Waals surface area (Å²) >= 11 is 11.5. The second-order valence-corrected chi connectivity index (χ2v) is 5.53. The van der Waals surface area contributed by atoms with Crippen molar-refractivity contribution in [2.24, 2.45) is 0 Å². The van der Waals surface area contributed by atoms with E-state index < -0.39 is 5.82 Å². The first kappa shape index (κ1) is 17.5. The number of nitrogens with one attached hydrogen (secondary N) is 2. The first-order chi connectivity index (χ1) is 8.99. The molecule has 2 unspecified atom stereocenters. The molecule has 3 nitrogen and oxygen atoms in total. The van der Waals surface area contributed by atoms with E-state index in [1.165, 1.54) is 6.07 Å². The minimum atomic E-state index is -0.647. The highest BCUT2D eigenvalue weighted by Gasteiger charge is 2.24. The zero-order valence-corrected chi connectivity index (χ0v) is 13.2. The molecule has 112 valence electrons. The Morgan fingerprint density at radius 2 is 2.10 bits per heavy atom. The van der Waals surface area contributed by atoms with Gasteiger partial charge in [-0.2, -0.15) is 0 Å². The number of piperidine rings is 1. The molecule has 2 rings (SSSR count). The van der Waals surface area contributed by atoms with Gasteiger partial charge in [-0.05, 0) is 38.4 Å². The molecule has 1 aromatic rings. The Morgan fingerprint density at radius 3 is 2.75 bits per heavy atom. The zero-order chi connectivity index (χ0) is 14.0. The Kier molecular flexibility index (Phi) is 6.52. The quantitative estimate of drug-likeness (QED) is 0.809. The third-order valence-corrected chi connectivity index (χ3v) is 3.94. The molecular formula is C13H16Cl3FN2O. The van der Waals surface area contributed by atoms with Gasteiger partial charge >= 0.3 is 0 Å². The van der Waals surface area contributed by atoms with E-state index in [9.17, 15) is 9.18 Å². The van der Waals surface area contributed by atoms with Crippen molar-refractivity contribution in [3.05, 3.63) is 33.6 Å². The molecular weight excluding hydrogens is 326 g/mol. The molecule has 1 fully saturated rings. The van der Waals surface area contributed by atoms with Gasteiger partial charge in [-0.3, -0.25) is 4.79 Å². The maximum Gasteiger partial charge on any atom is 0.253 e.